The molecule has 3 heterocycles. The van der Waals surface area contributed by atoms with Crippen LogP contribution >= 0.6 is 11.5 Å². The van der Waals surface area contributed by atoms with Crippen LogP contribution in [0.4, 0.5) is 10.1 Å². The molecular formula is C16H15FN4O3S. The molecule has 0 aliphatic carbocycles. The molecule has 4 rings (SSSR count). The number of rotatable bonds is 2. The summed E-state index contributed by atoms with van der Waals surface area (Å²) >= 11 is 1.12. The van der Waals surface area contributed by atoms with Crippen LogP contribution in [-0.2, 0) is 9.53 Å². The van der Waals surface area contributed by atoms with Gasteiger partial charge in [0.15, 0.2) is 5.69 Å². The molecule has 0 saturated carbocycles. The molecule has 2 aliphatic heterocycles. The molecule has 130 valence electrons. The lowest BCUT2D eigenvalue weighted by Gasteiger charge is -2.40. The molecule has 1 aromatic carbocycles. The molecule has 1 unspecified atom stereocenters. The predicted molar refractivity (Wildman–Crippen MR) is 87.9 cm³/mol. The van der Waals surface area contributed by atoms with Gasteiger partial charge >= 0.3 is 0 Å². The van der Waals surface area contributed by atoms with Crippen molar-refractivity contribution in [1.82, 2.24) is 14.5 Å². The van der Waals surface area contributed by atoms with Gasteiger partial charge in [0.05, 0.1) is 13.1 Å². The molecule has 1 spiro atoms. The zero-order valence-electron chi connectivity index (χ0n) is 13.2. The summed E-state index contributed by atoms with van der Waals surface area (Å²) in [5.74, 6) is -0.807. The number of hydrogen-bond acceptors (Lipinski definition) is 6. The second-order valence-corrected chi connectivity index (χ2v) is 6.81. The predicted octanol–water partition coefficient (Wildman–Crippen LogP) is 1.33. The summed E-state index contributed by atoms with van der Waals surface area (Å²) in [6.45, 7) is 1.08. The first-order valence-corrected chi connectivity index (χ1v) is 8.66. The Kier molecular flexibility index (Phi) is 3.97. The Morgan fingerprint density at radius 3 is 3.00 bits per heavy atom. The summed E-state index contributed by atoms with van der Waals surface area (Å²) in [6.07, 6.45) is 0.607. The first-order valence-electron chi connectivity index (χ1n) is 7.83. The van der Waals surface area contributed by atoms with Crippen LogP contribution in [0.15, 0.2) is 29.6 Å². The third kappa shape index (κ3) is 3.00. The molecule has 2 aromatic rings. The summed E-state index contributed by atoms with van der Waals surface area (Å²) in [4.78, 5) is 27.9. The van der Waals surface area contributed by atoms with Crippen LogP contribution in [0.1, 0.15) is 16.9 Å². The highest BCUT2D eigenvalue weighted by Gasteiger charge is 2.47. The molecule has 2 fully saturated rings. The lowest BCUT2D eigenvalue weighted by molar-refractivity contribution is -0.137. The minimum atomic E-state index is -0.640. The smallest absolute Gasteiger partial charge is 0.275 e. The number of nitrogens with zero attached hydrogens (tertiary/aromatic N) is 4. The SMILES string of the molecule is O=C(c1csnn1)N1CCC2(C1)CN(c1cccc(F)c1)C(=O)CO2. The van der Waals surface area contributed by atoms with Crippen LogP contribution in [0, 0.1) is 5.82 Å². The Hall–Kier alpha value is -2.39. The van der Waals surface area contributed by atoms with Gasteiger partial charge in [-0.25, -0.2) is 4.39 Å². The van der Waals surface area contributed by atoms with E-state index in [1.807, 2.05) is 0 Å². The summed E-state index contributed by atoms with van der Waals surface area (Å²) in [5.41, 5.74) is 0.177. The number of likely N-dealkylation sites (tertiary alicyclic amines) is 1. The van der Waals surface area contributed by atoms with E-state index in [1.54, 1.807) is 22.4 Å². The quantitative estimate of drug-likeness (QED) is 0.806. The first kappa shape index (κ1) is 16.1. The number of anilines is 1. The highest BCUT2D eigenvalue weighted by molar-refractivity contribution is 7.03. The number of carbonyl (C=O) groups excluding carboxylic acids is 2. The van der Waals surface area contributed by atoms with Gasteiger partial charge in [-0.1, -0.05) is 10.6 Å². The number of morpholine rings is 1. The largest absolute Gasteiger partial charge is 0.361 e. The molecule has 0 radical (unpaired) electrons. The fourth-order valence-electron chi connectivity index (χ4n) is 3.28. The average molecular weight is 362 g/mol. The standard InChI is InChI=1S/C16H15FN4O3S/c17-11-2-1-3-12(6-11)21-10-16(24-7-14(21)22)4-5-20(9-16)15(23)13-8-25-19-18-13/h1-3,6,8H,4-5,7,9-10H2. The Morgan fingerprint density at radius 2 is 2.24 bits per heavy atom. The first-order chi connectivity index (χ1) is 12.1. The van der Waals surface area contributed by atoms with Gasteiger partial charge in [0.2, 0.25) is 0 Å². The molecule has 1 atom stereocenters. The summed E-state index contributed by atoms with van der Waals surface area (Å²) < 4.78 is 23.0. The van der Waals surface area contributed by atoms with E-state index in [0.717, 1.165) is 11.5 Å². The zero-order chi connectivity index (χ0) is 17.4. The maximum absolute atomic E-state index is 13.5. The lowest BCUT2D eigenvalue weighted by atomic mass is 10.00. The molecule has 2 amide bonds. The van der Waals surface area contributed by atoms with E-state index < -0.39 is 11.4 Å². The van der Waals surface area contributed by atoms with E-state index in [-0.39, 0.29) is 25.0 Å². The Balaban J connectivity index is 1.53. The lowest BCUT2D eigenvalue weighted by Crippen LogP contribution is -2.56. The fourth-order valence-corrected chi connectivity index (χ4v) is 3.71. The van der Waals surface area contributed by atoms with E-state index in [0.29, 0.717) is 30.9 Å². The maximum Gasteiger partial charge on any atom is 0.275 e. The third-order valence-corrected chi connectivity index (χ3v) is 5.06. The highest BCUT2D eigenvalue weighted by atomic mass is 32.1. The van der Waals surface area contributed by atoms with E-state index in [1.165, 1.54) is 17.0 Å². The second kappa shape index (κ2) is 6.16. The molecular weight excluding hydrogens is 347 g/mol. The number of carbonyl (C=O) groups is 2. The zero-order valence-corrected chi connectivity index (χ0v) is 14.0. The van der Waals surface area contributed by atoms with Crippen molar-refractivity contribution in [3.05, 3.63) is 41.2 Å². The van der Waals surface area contributed by atoms with Gasteiger partial charge < -0.3 is 14.5 Å². The van der Waals surface area contributed by atoms with Crippen molar-refractivity contribution in [3.8, 4) is 0 Å². The van der Waals surface area contributed by atoms with Crippen molar-refractivity contribution in [2.24, 2.45) is 0 Å². The summed E-state index contributed by atoms with van der Waals surface area (Å²) in [5, 5.41) is 5.42. The van der Waals surface area contributed by atoms with Gasteiger partial charge in [0.25, 0.3) is 11.8 Å². The van der Waals surface area contributed by atoms with Crippen LogP contribution in [0.3, 0.4) is 0 Å². The van der Waals surface area contributed by atoms with Gasteiger partial charge in [0, 0.05) is 17.6 Å². The van der Waals surface area contributed by atoms with Crippen molar-refractivity contribution in [2.75, 3.05) is 31.1 Å². The van der Waals surface area contributed by atoms with Gasteiger partial charge in [-0.05, 0) is 36.2 Å². The molecule has 7 nitrogen and oxygen atoms in total. The number of hydrogen-bond donors (Lipinski definition) is 0. The van der Waals surface area contributed by atoms with Gasteiger partial charge in [0.1, 0.15) is 18.0 Å². The van der Waals surface area contributed by atoms with Crippen LogP contribution in [0.5, 0.6) is 0 Å². The van der Waals surface area contributed by atoms with Crippen molar-refractivity contribution in [2.45, 2.75) is 12.0 Å². The normalized spacial score (nSPS) is 23.5. The minimum Gasteiger partial charge on any atom is -0.361 e. The van der Waals surface area contributed by atoms with Crippen molar-refractivity contribution in [1.29, 1.82) is 0 Å². The van der Waals surface area contributed by atoms with Crippen LogP contribution in [0.25, 0.3) is 0 Å². The van der Waals surface area contributed by atoms with Gasteiger partial charge in [-0.15, -0.1) is 5.10 Å². The van der Waals surface area contributed by atoms with Crippen LogP contribution in [0.2, 0.25) is 0 Å². The molecule has 2 aliphatic rings. The van der Waals surface area contributed by atoms with E-state index in [4.69, 9.17) is 4.74 Å². The molecule has 0 bridgehead atoms. The number of benzene rings is 1. The van der Waals surface area contributed by atoms with E-state index in [9.17, 15) is 14.0 Å². The molecule has 1 aromatic heterocycles. The summed E-state index contributed by atoms with van der Waals surface area (Å²) in [6, 6.07) is 5.93. The van der Waals surface area contributed by atoms with Crippen molar-refractivity contribution >= 4 is 29.0 Å². The maximum atomic E-state index is 13.5. The van der Waals surface area contributed by atoms with E-state index in [2.05, 4.69) is 9.59 Å². The molecule has 2 saturated heterocycles. The number of aromatic nitrogens is 2. The van der Waals surface area contributed by atoms with Crippen LogP contribution in [-0.4, -0.2) is 58.1 Å². The third-order valence-electron chi connectivity index (χ3n) is 4.55. The van der Waals surface area contributed by atoms with E-state index >= 15 is 0 Å². The minimum absolute atomic E-state index is 0.0865. The van der Waals surface area contributed by atoms with Crippen molar-refractivity contribution in [3.63, 3.8) is 0 Å². The molecule has 9 heteroatoms. The number of ether oxygens (including phenoxy) is 1. The van der Waals surface area contributed by atoms with Gasteiger partial charge in [-0.3, -0.25) is 9.59 Å². The Labute approximate surface area is 147 Å². The molecule has 25 heavy (non-hydrogen) atoms. The monoisotopic (exact) mass is 362 g/mol. The highest BCUT2D eigenvalue weighted by Crippen LogP contribution is 2.32. The number of amides is 2. The Bertz CT molecular complexity index is 815. The second-order valence-electron chi connectivity index (χ2n) is 6.20. The molecule has 0 N–H and O–H groups in total. The topological polar surface area (TPSA) is 75.6 Å². The Morgan fingerprint density at radius 1 is 1.36 bits per heavy atom. The fraction of sp³-hybridized carbons (Fsp3) is 0.375. The average Bonchev–Trinajstić information content (AvgIpc) is 3.27. The van der Waals surface area contributed by atoms with Gasteiger partial charge in [-0.2, -0.15) is 0 Å². The van der Waals surface area contributed by atoms with Crippen LogP contribution < -0.4 is 4.90 Å². The summed E-state index contributed by atoms with van der Waals surface area (Å²) in [7, 11) is 0. The van der Waals surface area contributed by atoms with Crippen molar-refractivity contribution < 1.29 is 18.7 Å². The number of halogens is 1.